The molecule has 0 unspecified atom stereocenters. The van der Waals surface area contributed by atoms with E-state index in [-0.39, 0.29) is 11.9 Å². The summed E-state index contributed by atoms with van der Waals surface area (Å²) in [5, 5.41) is 0. The second-order valence-electron chi connectivity index (χ2n) is 5.36. The van der Waals surface area contributed by atoms with Crippen molar-refractivity contribution >= 4 is 5.78 Å². The molecule has 1 saturated heterocycles. The van der Waals surface area contributed by atoms with Crippen molar-refractivity contribution < 1.29 is 19.3 Å². The number of ketones is 1. The van der Waals surface area contributed by atoms with E-state index in [4.69, 9.17) is 14.5 Å². The summed E-state index contributed by atoms with van der Waals surface area (Å²) >= 11 is 0. The van der Waals surface area contributed by atoms with E-state index in [1.165, 1.54) is 0 Å². The quantitative estimate of drug-likeness (QED) is 0.640. The Kier molecular flexibility index (Phi) is 2.53. The van der Waals surface area contributed by atoms with Crippen molar-refractivity contribution in [3.63, 3.8) is 0 Å². The second kappa shape index (κ2) is 3.79. The predicted octanol–water partition coefficient (Wildman–Crippen LogP) is 1.83. The van der Waals surface area contributed by atoms with Gasteiger partial charge in [0.2, 0.25) is 6.29 Å². The Morgan fingerprint density at radius 1 is 1.38 bits per heavy atom. The number of fused-ring (bicyclic) bond motifs is 1. The van der Waals surface area contributed by atoms with Crippen molar-refractivity contribution in [3.05, 3.63) is 0 Å². The molecule has 0 aromatic heterocycles. The smallest absolute Gasteiger partial charge is 0.223 e. The van der Waals surface area contributed by atoms with Crippen LogP contribution in [-0.4, -0.2) is 24.8 Å². The summed E-state index contributed by atoms with van der Waals surface area (Å²) in [5.41, 5.74) is -0.212. The first-order chi connectivity index (χ1) is 7.73. The van der Waals surface area contributed by atoms with E-state index in [0.29, 0.717) is 17.6 Å². The Morgan fingerprint density at radius 2 is 2.25 bits per heavy atom. The molecule has 0 N–H and O–H groups in total. The number of hydrogen-bond donors (Lipinski definition) is 0. The minimum atomic E-state index is -0.212. The zero-order chi connectivity index (χ0) is 11.2. The summed E-state index contributed by atoms with van der Waals surface area (Å²) in [6.45, 7) is 0. The first kappa shape index (κ1) is 10.7. The van der Waals surface area contributed by atoms with Crippen LogP contribution in [0.1, 0.15) is 38.5 Å². The standard InChI is InChI=1S/C12H18O4/c1-14-11-12(16-15-11)5-4-8-6-10(13)3-2-9(8)7-12/h8-9,11H,2-7H2,1H3/t8-,9+,11-,12-/m1/s1. The van der Waals surface area contributed by atoms with Crippen LogP contribution in [0.5, 0.6) is 0 Å². The zero-order valence-corrected chi connectivity index (χ0v) is 9.61. The maximum atomic E-state index is 11.4. The van der Waals surface area contributed by atoms with E-state index >= 15 is 0 Å². The van der Waals surface area contributed by atoms with Gasteiger partial charge < -0.3 is 4.74 Å². The topological polar surface area (TPSA) is 44.8 Å². The van der Waals surface area contributed by atoms with Gasteiger partial charge in [0.15, 0.2) is 5.60 Å². The lowest BCUT2D eigenvalue weighted by molar-refractivity contribution is -0.564. The highest BCUT2D eigenvalue weighted by atomic mass is 17.3. The van der Waals surface area contributed by atoms with Gasteiger partial charge in [-0.1, -0.05) is 0 Å². The number of carbonyl (C=O) groups is 1. The largest absolute Gasteiger partial charge is 0.351 e. The molecule has 3 aliphatic rings. The van der Waals surface area contributed by atoms with Crippen LogP contribution < -0.4 is 0 Å². The molecule has 90 valence electrons. The van der Waals surface area contributed by atoms with Gasteiger partial charge in [0.05, 0.1) is 0 Å². The normalized spacial score (nSPS) is 47.6. The second-order valence-corrected chi connectivity index (χ2v) is 5.36. The van der Waals surface area contributed by atoms with E-state index < -0.39 is 0 Å². The predicted molar refractivity (Wildman–Crippen MR) is 55.4 cm³/mol. The van der Waals surface area contributed by atoms with Gasteiger partial charge in [-0.25, -0.2) is 9.78 Å². The van der Waals surface area contributed by atoms with Crippen molar-refractivity contribution in [1.29, 1.82) is 0 Å². The molecule has 0 bridgehead atoms. The average molecular weight is 226 g/mol. The fourth-order valence-corrected chi connectivity index (χ4v) is 3.49. The molecule has 16 heavy (non-hydrogen) atoms. The summed E-state index contributed by atoms with van der Waals surface area (Å²) in [6.07, 6.45) is 5.36. The van der Waals surface area contributed by atoms with E-state index in [1.807, 2.05) is 0 Å². The van der Waals surface area contributed by atoms with E-state index in [1.54, 1.807) is 7.11 Å². The number of rotatable bonds is 1. The lowest BCUT2D eigenvalue weighted by Crippen LogP contribution is -2.60. The van der Waals surface area contributed by atoms with Gasteiger partial charge in [-0.3, -0.25) is 4.79 Å². The highest BCUT2D eigenvalue weighted by Crippen LogP contribution is 2.50. The van der Waals surface area contributed by atoms with Crippen LogP contribution in [0.2, 0.25) is 0 Å². The van der Waals surface area contributed by atoms with Crippen molar-refractivity contribution in [3.8, 4) is 0 Å². The molecule has 3 fully saturated rings. The lowest BCUT2D eigenvalue weighted by atomic mass is 9.65. The van der Waals surface area contributed by atoms with Gasteiger partial charge in [0.25, 0.3) is 0 Å². The molecule has 1 aliphatic heterocycles. The minimum Gasteiger partial charge on any atom is -0.351 e. The molecular weight excluding hydrogens is 208 g/mol. The molecule has 0 amide bonds. The third-order valence-corrected chi connectivity index (χ3v) is 4.44. The first-order valence-electron chi connectivity index (χ1n) is 6.12. The summed E-state index contributed by atoms with van der Waals surface area (Å²) < 4.78 is 5.27. The monoisotopic (exact) mass is 226 g/mol. The Balaban J connectivity index is 1.69. The molecule has 2 aliphatic carbocycles. The average Bonchev–Trinajstić information content (AvgIpc) is 2.27. The van der Waals surface area contributed by atoms with E-state index in [2.05, 4.69) is 0 Å². The molecule has 0 radical (unpaired) electrons. The van der Waals surface area contributed by atoms with Crippen LogP contribution in [0, 0.1) is 11.8 Å². The number of ether oxygens (including phenoxy) is 1. The summed E-state index contributed by atoms with van der Waals surface area (Å²) in [6, 6.07) is 0. The Morgan fingerprint density at radius 3 is 2.94 bits per heavy atom. The van der Waals surface area contributed by atoms with E-state index in [9.17, 15) is 4.79 Å². The van der Waals surface area contributed by atoms with Gasteiger partial charge in [0.1, 0.15) is 5.78 Å². The number of Topliss-reactive ketones (excluding diaryl/α,β-unsaturated/α-hetero) is 1. The van der Waals surface area contributed by atoms with Crippen LogP contribution in [0.4, 0.5) is 0 Å². The summed E-state index contributed by atoms with van der Waals surface area (Å²) in [5.74, 6) is 1.63. The molecule has 4 heteroatoms. The van der Waals surface area contributed by atoms with E-state index in [0.717, 1.165) is 38.5 Å². The third kappa shape index (κ3) is 1.51. The molecular formula is C12H18O4. The number of hydrogen-bond acceptors (Lipinski definition) is 4. The maximum Gasteiger partial charge on any atom is 0.223 e. The maximum absolute atomic E-state index is 11.4. The van der Waals surface area contributed by atoms with Crippen LogP contribution in [0.25, 0.3) is 0 Å². The van der Waals surface area contributed by atoms with Crippen LogP contribution in [0.15, 0.2) is 0 Å². The molecule has 4 atom stereocenters. The molecule has 2 saturated carbocycles. The highest BCUT2D eigenvalue weighted by molar-refractivity contribution is 5.79. The molecule has 4 nitrogen and oxygen atoms in total. The number of methoxy groups -OCH3 is 1. The molecule has 1 spiro atoms. The molecule has 3 rings (SSSR count). The van der Waals surface area contributed by atoms with Gasteiger partial charge in [-0.2, -0.15) is 0 Å². The van der Waals surface area contributed by atoms with Gasteiger partial charge in [0, 0.05) is 20.0 Å². The summed E-state index contributed by atoms with van der Waals surface area (Å²) in [4.78, 5) is 21.7. The highest BCUT2D eigenvalue weighted by Gasteiger charge is 2.56. The Hall–Kier alpha value is -0.450. The number of carbonyl (C=O) groups excluding carboxylic acids is 1. The van der Waals surface area contributed by atoms with Gasteiger partial charge in [-0.15, -0.1) is 0 Å². The van der Waals surface area contributed by atoms with Crippen molar-refractivity contribution in [2.75, 3.05) is 7.11 Å². The zero-order valence-electron chi connectivity index (χ0n) is 9.61. The van der Waals surface area contributed by atoms with Crippen LogP contribution in [0.3, 0.4) is 0 Å². The molecule has 0 aromatic carbocycles. The fraction of sp³-hybridized carbons (Fsp3) is 0.917. The van der Waals surface area contributed by atoms with Gasteiger partial charge in [-0.05, 0) is 37.5 Å². The fourth-order valence-electron chi connectivity index (χ4n) is 3.49. The van der Waals surface area contributed by atoms with Crippen LogP contribution in [-0.2, 0) is 19.3 Å². The minimum absolute atomic E-state index is 0.203. The van der Waals surface area contributed by atoms with Crippen molar-refractivity contribution in [2.45, 2.75) is 50.4 Å². The van der Waals surface area contributed by atoms with Crippen molar-refractivity contribution in [1.82, 2.24) is 0 Å². The lowest BCUT2D eigenvalue weighted by Gasteiger charge is -2.52. The Labute approximate surface area is 95.2 Å². The first-order valence-corrected chi connectivity index (χ1v) is 6.12. The third-order valence-electron chi connectivity index (χ3n) is 4.44. The van der Waals surface area contributed by atoms with Crippen LogP contribution >= 0.6 is 0 Å². The Bertz CT molecular complexity index is 301. The molecule has 1 heterocycles. The molecule has 0 aromatic rings. The SMILES string of the molecule is CO[C@@H]1OO[C@@]12CC[C@@H]1CC(=O)CC[C@H]1C2. The van der Waals surface area contributed by atoms with Crippen molar-refractivity contribution in [2.24, 2.45) is 11.8 Å². The van der Waals surface area contributed by atoms with Gasteiger partial charge >= 0.3 is 0 Å². The summed E-state index contributed by atoms with van der Waals surface area (Å²) in [7, 11) is 1.66.